The Morgan fingerprint density at radius 2 is 1.55 bits per heavy atom. The molecule has 0 aliphatic heterocycles. The zero-order chi connectivity index (χ0) is 15.3. The second-order valence-corrected chi connectivity index (χ2v) is 6.76. The highest BCUT2D eigenvalue weighted by Crippen LogP contribution is 2.52. The van der Waals surface area contributed by atoms with E-state index in [0.29, 0.717) is 0 Å². The molecule has 1 saturated carbocycles. The van der Waals surface area contributed by atoms with E-state index in [2.05, 4.69) is 5.32 Å². The molecular formula is C15H22N2O3. The summed E-state index contributed by atoms with van der Waals surface area (Å²) in [7, 11) is 0. The molecule has 0 saturated heterocycles. The molecule has 0 unspecified atom stereocenters. The second-order valence-electron chi connectivity index (χ2n) is 6.76. The van der Waals surface area contributed by atoms with E-state index in [-0.39, 0.29) is 45.9 Å². The Hall–Kier alpha value is -1.75. The molecule has 1 aliphatic rings. The van der Waals surface area contributed by atoms with Crippen molar-refractivity contribution in [3.8, 4) is 11.5 Å². The maximum absolute atomic E-state index is 12.3. The fourth-order valence-electron chi connectivity index (χ4n) is 3.49. The molecule has 0 radical (unpaired) electrons. The first-order chi connectivity index (χ1) is 9.06. The first-order valence-electron chi connectivity index (χ1n) is 6.66. The Kier molecular flexibility index (Phi) is 3.21. The van der Waals surface area contributed by atoms with Crippen LogP contribution in [-0.4, -0.2) is 28.2 Å². The number of carbonyl (C=O) groups is 1. The molecule has 0 aromatic heterocycles. The highest BCUT2D eigenvalue weighted by Gasteiger charge is 2.60. The Morgan fingerprint density at radius 3 is 2.00 bits per heavy atom. The smallest absolute Gasteiger partial charge is 0.251 e. The molecule has 0 heterocycles. The Balaban J connectivity index is 2.20. The summed E-state index contributed by atoms with van der Waals surface area (Å²) in [5.41, 5.74) is 5.99. The molecule has 5 heteroatoms. The topological polar surface area (TPSA) is 95.6 Å². The van der Waals surface area contributed by atoms with Gasteiger partial charge in [0.1, 0.15) is 11.5 Å². The minimum atomic E-state index is -0.325. The van der Waals surface area contributed by atoms with Crippen LogP contribution in [0.3, 0.4) is 0 Å². The quantitative estimate of drug-likeness (QED) is 0.660. The Labute approximate surface area is 118 Å². The van der Waals surface area contributed by atoms with Crippen molar-refractivity contribution in [3.05, 3.63) is 23.8 Å². The molecule has 110 valence electrons. The summed E-state index contributed by atoms with van der Waals surface area (Å²) in [5, 5.41) is 21.8. The van der Waals surface area contributed by atoms with Crippen LogP contribution >= 0.6 is 0 Å². The lowest BCUT2D eigenvalue weighted by Crippen LogP contribution is -2.76. The zero-order valence-corrected chi connectivity index (χ0v) is 12.3. The van der Waals surface area contributed by atoms with Crippen LogP contribution in [0, 0.1) is 10.8 Å². The number of phenolic OH excluding ortho intramolecular Hbond substituents is 2. The van der Waals surface area contributed by atoms with E-state index in [4.69, 9.17) is 5.73 Å². The average Bonchev–Trinajstić information content (AvgIpc) is 2.33. The van der Waals surface area contributed by atoms with Crippen LogP contribution in [0.4, 0.5) is 0 Å². The van der Waals surface area contributed by atoms with Gasteiger partial charge in [0.05, 0.1) is 0 Å². The van der Waals surface area contributed by atoms with Crippen molar-refractivity contribution in [1.29, 1.82) is 0 Å². The maximum Gasteiger partial charge on any atom is 0.251 e. The lowest BCUT2D eigenvalue weighted by molar-refractivity contribution is -0.0663. The molecule has 1 amide bonds. The van der Waals surface area contributed by atoms with Gasteiger partial charge in [-0.3, -0.25) is 4.79 Å². The van der Waals surface area contributed by atoms with E-state index >= 15 is 0 Å². The third-order valence-corrected chi connectivity index (χ3v) is 4.53. The van der Waals surface area contributed by atoms with Crippen LogP contribution in [0.15, 0.2) is 18.2 Å². The lowest BCUT2D eigenvalue weighted by Gasteiger charge is -2.62. The predicted molar refractivity (Wildman–Crippen MR) is 76.6 cm³/mol. The van der Waals surface area contributed by atoms with E-state index in [1.165, 1.54) is 18.2 Å². The van der Waals surface area contributed by atoms with Gasteiger partial charge in [-0.05, 0) is 12.1 Å². The van der Waals surface area contributed by atoms with Gasteiger partial charge in [0.2, 0.25) is 0 Å². The van der Waals surface area contributed by atoms with E-state index in [0.717, 1.165) is 0 Å². The molecule has 0 bridgehead atoms. The lowest BCUT2D eigenvalue weighted by atomic mass is 9.48. The van der Waals surface area contributed by atoms with Crippen LogP contribution in [0.25, 0.3) is 0 Å². The monoisotopic (exact) mass is 278 g/mol. The van der Waals surface area contributed by atoms with Crippen molar-refractivity contribution in [1.82, 2.24) is 5.32 Å². The first kappa shape index (κ1) is 14.7. The van der Waals surface area contributed by atoms with Gasteiger partial charge >= 0.3 is 0 Å². The Morgan fingerprint density at radius 1 is 1.10 bits per heavy atom. The fourth-order valence-corrected chi connectivity index (χ4v) is 3.49. The molecule has 1 aromatic rings. The number of nitrogens with two attached hydrogens (primary N) is 1. The second kappa shape index (κ2) is 4.38. The molecule has 5 nitrogen and oxygen atoms in total. The molecule has 1 aliphatic carbocycles. The van der Waals surface area contributed by atoms with Crippen LogP contribution < -0.4 is 11.1 Å². The summed E-state index contributed by atoms with van der Waals surface area (Å²) in [6.07, 6.45) is 0. The minimum Gasteiger partial charge on any atom is -0.508 e. The Bertz CT molecular complexity index is 516. The third kappa shape index (κ3) is 2.12. The fraction of sp³-hybridized carbons (Fsp3) is 0.533. The first-order valence-corrected chi connectivity index (χ1v) is 6.66. The molecule has 0 atom stereocenters. The van der Waals surface area contributed by atoms with E-state index in [1.54, 1.807) is 0 Å². The summed E-state index contributed by atoms with van der Waals surface area (Å²) in [6.45, 7) is 8.09. The van der Waals surface area contributed by atoms with E-state index in [1.807, 2.05) is 27.7 Å². The number of hydrogen-bond acceptors (Lipinski definition) is 4. The van der Waals surface area contributed by atoms with Gasteiger partial charge in [-0.25, -0.2) is 0 Å². The summed E-state index contributed by atoms with van der Waals surface area (Å²) in [5.74, 6) is -0.604. The maximum atomic E-state index is 12.3. The summed E-state index contributed by atoms with van der Waals surface area (Å²) in [4.78, 5) is 12.3. The van der Waals surface area contributed by atoms with Gasteiger partial charge in [0.25, 0.3) is 5.91 Å². The molecule has 1 aromatic carbocycles. The van der Waals surface area contributed by atoms with Crippen LogP contribution in [0.5, 0.6) is 11.5 Å². The number of amides is 1. The highest BCUT2D eigenvalue weighted by molar-refractivity contribution is 5.95. The summed E-state index contributed by atoms with van der Waals surface area (Å²) < 4.78 is 0. The number of aromatic hydroxyl groups is 2. The van der Waals surface area contributed by atoms with Gasteiger partial charge in [0, 0.05) is 34.5 Å². The highest BCUT2D eigenvalue weighted by atomic mass is 16.3. The molecular weight excluding hydrogens is 256 g/mol. The predicted octanol–water partition coefficient (Wildman–Crippen LogP) is 1.59. The molecule has 2 rings (SSSR count). The van der Waals surface area contributed by atoms with Crippen molar-refractivity contribution in [2.45, 2.75) is 39.8 Å². The standard InChI is InChI=1S/C15H22N2O3/c1-14(2)12(16)15(3,4)13(14)17-11(20)8-5-9(18)7-10(19)6-8/h5-7,12-13,18-19H,16H2,1-4H3,(H,17,20). The van der Waals surface area contributed by atoms with Crippen LogP contribution in [0.1, 0.15) is 38.1 Å². The van der Waals surface area contributed by atoms with Crippen molar-refractivity contribution >= 4 is 5.91 Å². The van der Waals surface area contributed by atoms with Crippen LogP contribution in [-0.2, 0) is 0 Å². The van der Waals surface area contributed by atoms with Gasteiger partial charge < -0.3 is 21.3 Å². The van der Waals surface area contributed by atoms with E-state index in [9.17, 15) is 15.0 Å². The molecule has 0 spiro atoms. The van der Waals surface area contributed by atoms with Crippen molar-refractivity contribution in [3.63, 3.8) is 0 Å². The number of hydrogen-bond donors (Lipinski definition) is 4. The van der Waals surface area contributed by atoms with Crippen molar-refractivity contribution in [2.24, 2.45) is 16.6 Å². The number of benzene rings is 1. The largest absolute Gasteiger partial charge is 0.508 e. The molecule has 1 fully saturated rings. The summed E-state index contributed by atoms with van der Waals surface area (Å²) >= 11 is 0. The average molecular weight is 278 g/mol. The van der Waals surface area contributed by atoms with Gasteiger partial charge in [-0.2, -0.15) is 0 Å². The zero-order valence-electron chi connectivity index (χ0n) is 12.3. The van der Waals surface area contributed by atoms with Crippen molar-refractivity contribution < 1.29 is 15.0 Å². The third-order valence-electron chi connectivity index (χ3n) is 4.53. The molecule has 5 N–H and O–H groups in total. The number of phenols is 2. The summed E-state index contributed by atoms with van der Waals surface area (Å²) in [6, 6.07) is 3.77. The van der Waals surface area contributed by atoms with Gasteiger partial charge in [-0.15, -0.1) is 0 Å². The van der Waals surface area contributed by atoms with Crippen LogP contribution in [0.2, 0.25) is 0 Å². The normalized spacial score (nSPS) is 26.6. The van der Waals surface area contributed by atoms with Crippen molar-refractivity contribution in [2.75, 3.05) is 0 Å². The molecule has 20 heavy (non-hydrogen) atoms. The van der Waals surface area contributed by atoms with Gasteiger partial charge in [0.15, 0.2) is 0 Å². The number of nitrogens with one attached hydrogen (secondary N) is 1. The number of rotatable bonds is 2. The van der Waals surface area contributed by atoms with Gasteiger partial charge in [-0.1, -0.05) is 27.7 Å². The van der Waals surface area contributed by atoms with E-state index < -0.39 is 0 Å². The minimum absolute atomic E-state index is 0.00196. The SMILES string of the molecule is CC1(C)C(N)C(C)(C)C1NC(=O)c1cc(O)cc(O)c1. The number of carbonyl (C=O) groups excluding carboxylic acids is 1.